The molecule has 3 aromatic rings. The SMILES string of the molecule is CCOC(=O)CN(c1ccccc1C(=O)OCC)S(=O)(=O)c1ccc2ccccc2c1. The molecule has 0 aliphatic heterocycles. The predicted octanol–water partition coefficient (Wildman–Crippen LogP) is 3.77. The molecule has 0 spiro atoms. The Balaban J connectivity index is 2.15. The molecule has 31 heavy (non-hydrogen) atoms. The molecule has 0 amide bonds. The molecule has 3 aromatic carbocycles. The normalized spacial score (nSPS) is 11.2. The number of carbonyl (C=O) groups is 2. The van der Waals surface area contributed by atoms with Crippen molar-refractivity contribution in [1.29, 1.82) is 0 Å². The molecule has 0 radical (unpaired) electrons. The second-order valence-electron chi connectivity index (χ2n) is 6.56. The van der Waals surface area contributed by atoms with Crippen LogP contribution in [0.5, 0.6) is 0 Å². The fourth-order valence-corrected chi connectivity index (χ4v) is 4.62. The van der Waals surface area contributed by atoms with Crippen LogP contribution in [-0.4, -0.2) is 40.1 Å². The fraction of sp³-hybridized carbons (Fsp3) is 0.217. The van der Waals surface area contributed by atoms with E-state index < -0.39 is 28.5 Å². The topological polar surface area (TPSA) is 90.0 Å². The highest BCUT2D eigenvalue weighted by Gasteiger charge is 2.31. The number of para-hydroxylation sites is 1. The molecule has 8 heteroatoms. The van der Waals surface area contributed by atoms with E-state index in [1.165, 1.54) is 24.3 Å². The maximum Gasteiger partial charge on any atom is 0.340 e. The van der Waals surface area contributed by atoms with Crippen molar-refractivity contribution in [3.8, 4) is 0 Å². The van der Waals surface area contributed by atoms with Crippen molar-refractivity contribution >= 4 is 38.4 Å². The van der Waals surface area contributed by atoms with Gasteiger partial charge >= 0.3 is 11.9 Å². The van der Waals surface area contributed by atoms with Crippen molar-refractivity contribution in [3.05, 3.63) is 72.3 Å². The summed E-state index contributed by atoms with van der Waals surface area (Å²) in [6.07, 6.45) is 0. The molecule has 3 rings (SSSR count). The van der Waals surface area contributed by atoms with Gasteiger partial charge in [0, 0.05) is 0 Å². The Morgan fingerprint density at radius 1 is 0.839 bits per heavy atom. The van der Waals surface area contributed by atoms with Crippen LogP contribution in [0, 0.1) is 0 Å². The third-order valence-electron chi connectivity index (χ3n) is 4.56. The average molecular weight is 442 g/mol. The Hall–Kier alpha value is -3.39. The minimum absolute atomic E-state index is 0.00541. The lowest BCUT2D eigenvalue weighted by Crippen LogP contribution is -2.37. The number of sulfonamides is 1. The van der Waals surface area contributed by atoms with Crippen LogP contribution in [0.2, 0.25) is 0 Å². The van der Waals surface area contributed by atoms with E-state index >= 15 is 0 Å². The summed E-state index contributed by atoms with van der Waals surface area (Å²) in [4.78, 5) is 24.7. The zero-order valence-electron chi connectivity index (χ0n) is 17.3. The first-order valence-corrected chi connectivity index (χ1v) is 11.3. The van der Waals surface area contributed by atoms with Crippen LogP contribution < -0.4 is 4.31 Å². The second-order valence-corrected chi connectivity index (χ2v) is 8.43. The lowest BCUT2D eigenvalue weighted by atomic mass is 10.1. The third kappa shape index (κ3) is 4.86. The number of hydrogen-bond donors (Lipinski definition) is 0. The highest BCUT2D eigenvalue weighted by molar-refractivity contribution is 7.92. The number of esters is 2. The van der Waals surface area contributed by atoms with Gasteiger partial charge in [0.15, 0.2) is 0 Å². The standard InChI is InChI=1S/C23H23NO6S/c1-3-29-22(25)16-24(21-12-8-7-11-20(21)23(26)30-4-2)31(27,28)19-14-13-17-9-5-6-10-18(17)15-19/h5-15H,3-4,16H2,1-2H3. The number of ether oxygens (including phenoxy) is 2. The Morgan fingerprint density at radius 3 is 2.19 bits per heavy atom. The largest absolute Gasteiger partial charge is 0.465 e. The smallest absolute Gasteiger partial charge is 0.340 e. The quantitative estimate of drug-likeness (QED) is 0.494. The van der Waals surface area contributed by atoms with Gasteiger partial charge in [0.25, 0.3) is 10.0 Å². The van der Waals surface area contributed by atoms with E-state index in [0.717, 1.165) is 15.1 Å². The number of anilines is 1. The highest BCUT2D eigenvalue weighted by atomic mass is 32.2. The Labute approximate surface area is 181 Å². The van der Waals surface area contributed by atoms with E-state index in [-0.39, 0.29) is 29.4 Å². The van der Waals surface area contributed by atoms with Crippen molar-refractivity contribution in [3.63, 3.8) is 0 Å². The van der Waals surface area contributed by atoms with Gasteiger partial charge in [-0.05, 0) is 48.9 Å². The molecule has 0 saturated heterocycles. The van der Waals surface area contributed by atoms with Gasteiger partial charge in [-0.25, -0.2) is 13.2 Å². The van der Waals surface area contributed by atoms with Crippen LogP contribution in [0.3, 0.4) is 0 Å². The second kappa shape index (κ2) is 9.61. The first-order valence-electron chi connectivity index (χ1n) is 9.81. The first-order chi connectivity index (χ1) is 14.9. The zero-order valence-corrected chi connectivity index (χ0v) is 18.1. The van der Waals surface area contributed by atoms with Gasteiger partial charge in [-0.2, -0.15) is 0 Å². The predicted molar refractivity (Wildman–Crippen MR) is 118 cm³/mol. The molecule has 162 valence electrons. The lowest BCUT2D eigenvalue weighted by molar-refractivity contribution is -0.141. The number of nitrogens with zero attached hydrogens (tertiary/aromatic N) is 1. The third-order valence-corrected chi connectivity index (χ3v) is 6.31. The van der Waals surface area contributed by atoms with Crippen LogP contribution in [0.4, 0.5) is 5.69 Å². The van der Waals surface area contributed by atoms with Gasteiger partial charge < -0.3 is 9.47 Å². The Bertz CT molecular complexity index is 1210. The molecule has 0 N–H and O–H groups in total. The highest BCUT2D eigenvalue weighted by Crippen LogP contribution is 2.29. The van der Waals surface area contributed by atoms with Gasteiger partial charge in [-0.15, -0.1) is 0 Å². The summed E-state index contributed by atoms with van der Waals surface area (Å²) in [6.45, 7) is 2.93. The van der Waals surface area contributed by atoms with Crippen LogP contribution in [-0.2, 0) is 24.3 Å². The van der Waals surface area contributed by atoms with Gasteiger partial charge in [0.1, 0.15) is 6.54 Å². The molecule has 0 aliphatic carbocycles. The summed E-state index contributed by atoms with van der Waals surface area (Å²) in [5.41, 5.74) is 0.0835. The van der Waals surface area contributed by atoms with Gasteiger partial charge in [-0.1, -0.05) is 42.5 Å². The molecule has 0 heterocycles. The molecular weight excluding hydrogens is 418 g/mol. The van der Waals surface area contributed by atoms with E-state index in [0.29, 0.717) is 0 Å². The van der Waals surface area contributed by atoms with Gasteiger partial charge in [0.2, 0.25) is 0 Å². The first kappa shape index (κ1) is 22.3. The van der Waals surface area contributed by atoms with Crippen molar-refractivity contribution in [2.45, 2.75) is 18.7 Å². The van der Waals surface area contributed by atoms with Crippen LogP contribution in [0.1, 0.15) is 24.2 Å². The van der Waals surface area contributed by atoms with Crippen LogP contribution in [0.25, 0.3) is 10.8 Å². The summed E-state index contributed by atoms with van der Waals surface area (Å²) < 4.78 is 38.2. The van der Waals surface area contributed by atoms with Crippen molar-refractivity contribution in [2.24, 2.45) is 0 Å². The monoisotopic (exact) mass is 441 g/mol. The van der Waals surface area contributed by atoms with Gasteiger partial charge in [-0.3, -0.25) is 9.10 Å². The summed E-state index contributed by atoms with van der Waals surface area (Å²) in [6, 6.07) is 18.2. The maximum absolute atomic E-state index is 13.6. The molecular formula is C23H23NO6S. The summed E-state index contributed by atoms with van der Waals surface area (Å²) in [5, 5.41) is 1.61. The zero-order chi connectivity index (χ0) is 22.4. The van der Waals surface area contributed by atoms with E-state index in [9.17, 15) is 18.0 Å². The van der Waals surface area contributed by atoms with Gasteiger partial charge in [0.05, 0.1) is 29.4 Å². The molecule has 0 unspecified atom stereocenters. The number of fused-ring (bicyclic) bond motifs is 1. The molecule has 7 nitrogen and oxygen atoms in total. The minimum atomic E-state index is -4.21. The molecule has 0 aliphatic rings. The number of carbonyl (C=O) groups excluding carboxylic acids is 2. The van der Waals surface area contributed by atoms with E-state index in [2.05, 4.69) is 0 Å². The number of rotatable bonds is 8. The summed E-state index contributed by atoms with van der Waals surface area (Å²) in [5.74, 6) is -1.41. The van der Waals surface area contributed by atoms with Crippen molar-refractivity contribution < 1.29 is 27.5 Å². The van der Waals surface area contributed by atoms with Crippen LogP contribution in [0.15, 0.2) is 71.6 Å². The molecule has 0 fully saturated rings. The summed E-state index contributed by atoms with van der Waals surface area (Å²) >= 11 is 0. The number of hydrogen-bond acceptors (Lipinski definition) is 6. The van der Waals surface area contributed by atoms with E-state index in [1.54, 1.807) is 38.1 Å². The Morgan fingerprint density at radius 2 is 1.48 bits per heavy atom. The maximum atomic E-state index is 13.6. The molecule has 0 atom stereocenters. The summed E-state index contributed by atoms with van der Waals surface area (Å²) in [7, 11) is -4.21. The van der Waals surface area contributed by atoms with Crippen LogP contribution >= 0.6 is 0 Å². The van der Waals surface area contributed by atoms with Crippen molar-refractivity contribution in [1.82, 2.24) is 0 Å². The fourth-order valence-electron chi connectivity index (χ4n) is 3.15. The number of benzene rings is 3. The van der Waals surface area contributed by atoms with Crippen molar-refractivity contribution in [2.75, 3.05) is 24.1 Å². The van der Waals surface area contributed by atoms with E-state index in [1.807, 2.05) is 18.2 Å². The minimum Gasteiger partial charge on any atom is -0.465 e. The Kier molecular flexibility index (Phi) is 6.91. The molecule has 0 bridgehead atoms. The molecule has 0 saturated carbocycles. The lowest BCUT2D eigenvalue weighted by Gasteiger charge is -2.25. The molecule has 0 aromatic heterocycles. The van der Waals surface area contributed by atoms with E-state index in [4.69, 9.17) is 9.47 Å². The average Bonchev–Trinajstić information content (AvgIpc) is 2.77.